The van der Waals surface area contributed by atoms with Crippen LogP contribution in [0.15, 0.2) is 0 Å². The minimum atomic E-state index is -1.27. The smallest absolute Gasteiger partial charge is 0.376 e. The second-order valence-electron chi connectivity index (χ2n) is 2.23. The number of imide groups is 3. The van der Waals surface area contributed by atoms with Gasteiger partial charge in [-0.15, -0.1) is 0 Å². The van der Waals surface area contributed by atoms with Gasteiger partial charge in [0.2, 0.25) is 11.8 Å². The molecule has 0 aromatic heterocycles. The van der Waals surface area contributed by atoms with E-state index in [1.54, 1.807) is 0 Å². The maximum atomic E-state index is 10.9. The molecular formula is C7H9NO5. The first kappa shape index (κ1) is 11.3. The lowest BCUT2D eigenvalue weighted by atomic mass is 10.5. The Labute approximate surface area is 74.4 Å². The SMILES string of the molecule is CC(=O)OC(=O)N(C(C)=O)C(C)=O. The molecule has 13 heavy (non-hydrogen) atoms. The van der Waals surface area contributed by atoms with Gasteiger partial charge < -0.3 is 4.74 Å². The van der Waals surface area contributed by atoms with Gasteiger partial charge in [0, 0.05) is 20.8 Å². The normalized spacial score (nSPS) is 8.85. The highest BCUT2D eigenvalue weighted by Crippen LogP contribution is 1.96. The van der Waals surface area contributed by atoms with Crippen molar-refractivity contribution < 1.29 is 23.9 Å². The van der Waals surface area contributed by atoms with E-state index in [4.69, 9.17) is 0 Å². The fourth-order valence-electron chi connectivity index (χ4n) is 0.647. The van der Waals surface area contributed by atoms with Crippen molar-refractivity contribution in [1.29, 1.82) is 0 Å². The molecule has 0 aromatic rings. The second-order valence-corrected chi connectivity index (χ2v) is 2.23. The van der Waals surface area contributed by atoms with Gasteiger partial charge >= 0.3 is 12.1 Å². The molecule has 0 N–H and O–H groups in total. The molecule has 0 atom stereocenters. The Hall–Kier alpha value is -1.72. The Kier molecular flexibility index (Phi) is 3.77. The summed E-state index contributed by atoms with van der Waals surface area (Å²) in [5.41, 5.74) is 0. The summed E-state index contributed by atoms with van der Waals surface area (Å²) in [4.78, 5) is 42.8. The van der Waals surface area contributed by atoms with E-state index in [0.717, 1.165) is 20.8 Å². The summed E-state index contributed by atoms with van der Waals surface area (Å²) < 4.78 is 4.04. The first-order valence-electron chi connectivity index (χ1n) is 3.40. The van der Waals surface area contributed by atoms with Crippen molar-refractivity contribution in [3.05, 3.63) is 0 Å². The van der Waals surface area contributed by atoms with E-state index in [-0.39, 0.29) is 4.90 Å². The molecule has 6 heteroatoms. The monoisotopic (exact) mass is 187 g/mol. The lowest BCUT2D eigenvalue weighted by Gasteiger charge is -2.12. The molecule has 0 unspecified atom stereocenters. The lowest BCUT2D eigenvalue weighted by Crippen LogP contribution is -2.39. The average Bonchev–Trinajstić information content (AvgIpc) is 1.81. The predicted molar refractivity (Wildman–Crippen MR) is 40.4 cm³/mol. The molecular weight excluding hydrogens is 178 g/mol. The Morgan fingerprint density at radius 3 is 1.54 bits per heavy atom. The Morgan fingerprint density at radius 2 is 1.31 bits per heavy atom. The Bertz CT molecular complexity index is 256. The van der Waals surface area contributed by atoms with E-state index in [9.17, 15) is 19.2 Å². The molecule has 0 aliphatic heterocycles. The van der Waals surface area contributed by atoms with Crippen LogP contribution in [0, 0.1) is 0 Å². The number of esters is 1. The summed E-state index contributed by atoms with van der Waals surface area (Å²) in [5, 5.41) is 0. The summed E-state index contributed by atoms with van der Waals surface area (Å²) >= 11 is 0. The van der Waals surface area contributed by atoms with Crippen LogP contribution in [0.5, 0.6) is 0 Å². The van der Waals surface area contributed by atoms with Crippen LogP contribution in [0.3, 0.4) is 0 Å². The molecule has 0 rings (SSSR count). The number of nitrogens with zero attached hydrogens (tertiary/aromatic N) is 1. The van der Waals surface area contributed by atoms with Gasteiger partial charge in [-0.3, -0.25) is 14.4 Å². The maximum absolute atomic E-state index is 10.9. The average molecular weight is 187 g/mol. The van der Waals surface area contributed by atoms with Crippen LogP contribution >= 0.6 is 0 Å². The van der Waals surface area contributed by atoms with Crippen LogP contribution in [0.25, 0.3) is 0 Å². The third kappa shape index (κ3) is 3.46. The highest BCUT2D eigenvalue weighted by atomic mass is 16.6. The second kappa shape index (κ2) is 4.34. The van der Waals surface area contributed by atoms with E-state index in [2.05, 4.69) is 4.74 Å². The number of carbonyl (C=O) groups is 4. The number of hydrogen-bond donors (Lipinski definition) is 0. The van der Waals surface area contributed by atoms with Crippen LogP contribution < -0.4 is 0 Å². The van der Waals surface area contributed by atoms with Gasteiger partial charge in [-0.05, 0) is 0 Å². The van der Waals surface area contributed by atoms with Gasteiger partial charge in [0.05, 0.1) is 0 Å². The van der Waals surface area contributed by atoms with Crippen molar-refractivity contribution in [2.24, 2.45) is 0 Å². The van der Waals surface area contributed by atoms with Crippen molar-refractivity contribution in [1.82, 2.24) is 4.90 Å². The topological polar surface area (TPSA) is 80.8 Å². The van der Waals surface area contributed by atoms with Gasteiger partial charge in [-0.1, -0.05) is 0 Å². The minimum absolute atomic E-state index is 0.237. The fourth-order valence-corrected chi connectivity index (χ4v) is 0.647. The number of rotatable bonds is 0. The van der Waals surface area contributed by atoms with Crippen LogP contribution in [-0.2, 0) is 19.1 Å². The molecule has 0 radical (unpaired) electrons. The van der Waals surface area contributed by atoms with Gasteiger partial charge in [-0.2, -0.15) is 4.90 Å². The highest BCUT2D eigenvalue weighted by molar-refractivity contribution is 6.08. The molecule has 72 valence electrons. The van der Waals surface area contributed by atoms with Gasteiger partial charge in [0.25, 0.3) is 0 Å². The summed E-state index contributed by atoms with van der Waals surface area (Å²) in [5.74, 6) is -2.46. The number of hydrogen-bond acceptors (Lipinski definition) is 5. The third-order valence-electron chi connectivity index (χ3n) is 1.04. The zero-order valence-electron chi connectivity index (χ0n) is 7.49. The summed E-state index contributed by atoms with van der Waals surface area (Å²) in [7, 11) is 0. The van der Waals surface area contributed by atoms with Crippen molar-refractivity contribution in [3.8, 4) is 0 Å². The number of carbonyl (C=O) groups excluding carboxylic acids is 4. The predicted octanol–water partition coefficient (Wildman–Crippen LogP) is 0.0645. The van der Waals surface area contributed by atoms with Crippen molar-refractivity contribution >= 4 is 23.9 Å². The zero-order chi connectivity index (χ0) is 10.6. The van der Waals surface area contributed by atoms with Crippen molar-refractivity contribution in [3.63, 3.8) is 0 Å². The Balaban J connectivity index is 4.57. The molecule has 0 bridgehead atoms. The van der Waals surface area contributed by atoms with Crippen molar-refractivity contribution in [2.75, 3.05) is 0 Å². The standard InChI is InChI=1S/C7H9NO5/c1-4(9)8(5(2)10)7(12)13-6(3)11/h1-3H3. The quantitative estimate of drug-likeness (QED) is 0.395. The van der Waals surface area contributed by atoms with Gasteiger partial charge in [0.1, 0.15) is 0 Å². The van der Waals surface area contributed by atoms with E-state index in [0.29, 0.717) is 0 Å². The fraction of sp³-hybridized carbons (Fsp3) is 0.429. The molecule has 0 fully saturated rings. The molecule has 0 spiro atoms. The summed E-state index contributed by atoms with van der Waals surface area (Å²) in [6, 6.07) is 0. The van der Waals surface area contributed by atoms with Crippen LogP contribution in [0.2, 0.25) is 0 Å². The first-order valence-corrected chi connectivity index (χ1v) is 3.40. The third-order valence-corrected chi connectivity index (χ3v) is 1.04. The molecule has 0 saturated carbocycles. The molecule has 0 aliphatic carbocycles. The summed E-state index contributed by atoms with van der Waals surface area (Å²) in [6.45, 7) is 3.03. The first-order chi connectivity index (χ1) is 5.86. The van der Waals surface area contributed by atoms with E-state index in [1.165, 1.54) is 0 Å². The molecule has 0 saturated heterocycles. The molecule has 0 aliphatic rings. The molecule has 3 amide bonds. The summed E-state index contributed by atoms with van der Waals surface area (Å²) in [6.07, 6.45) is -1.27. The van der Waals surface area contributed by atoms with Crippen LogP contribution in [0.4, 0.5) is 4.79 Å². The molecule has 0 aromatic carbocycles. The lowest BCUT2D eigenvalue weighted by molar-refractivity contribution is -0.142. The largest absolute Gasteiger partial charge is 0.431 e. The van der Waals surface area contributed by atoms with Gasteiger partial charge in [0.15, 0.2) is 0 Å². The van der Waals surface area contributed by atoms with E-state index in [1.807, 2.05) is 0 Å². The molecule has 6 nitrogen and oxygen atoms in total. The van der Waals surface area contributed by atoms with Crippen LogP contribution in [-0.4, -0.2) is 28.8 Å². The van der Waals surface area contributed by atoms with Crippen LogP contribution in [0.1, 0.15) is 20.8 Å². The van der Waals surface area contributed by atoms with Gasteiger partial charge in [-0.25, -0.2) is 4.79 Å². The zero-order valence-corrected chi connectivity index (χ0v) is 7.49. The highest BCUT2D eigenvalue weighted by Gasteiger charge is 2.24. The minimum Gasteiger partial charge on any atom is -0.376 e. The maximum Gasteiger partial charge on any atom is 0.431 e. The molecule has 0 heterocycles. The number of ether oxygens (including phenoxy) is 1. The number of amides is 3. The van der Waals surface area contributed by atoms with E-state index >= 15 is 0 Å². The van der Waals surface area contributed by atoms with Crippen molar-refractivity contribution in [2.45, 2.75) is 20.8 Å². The Morgan fingerprint density at radius 1 is 0.923 bits per heavy atom. The van der Waals surface area contributed by atoms with E-state index < -0.39 is 23.9 Å².